The number of imidazole rings is 1. The number of benzene rings is 1. The van der Waals surface area contributed by atoms with E-state index >= 15 is 0 Å². The Morgan fingerprint density at radius 2 is 1.94 bits per heavy atom. The number of nitrogens with zero attached hydrogens (tertiary/aromatic N) is 6. The quantitative estimate of drug-likeness (QED) is 0.328. The zero-order valence-electron chi connectivity index (χ0n) is 17.5. The van der Waals surface area contributed by atoms with Crippen LogP contribution in [0.5, 0.6) is 0 Å². The van der Waals surface area contributed by atoms with Crippen LogP contribution in [0, 0.1) is 0 Å². The van der Waals surface area contributed by atoms with Crippen LogP contribution in [0.3, 0.4) is 0 Å². The largest absolute Gasteiger partial charge is 0.335 e. The van der Waals surface area contributed by atoms with E-state index in [1.165, 1.54) is 0 Å². The van der Waals surface area contributed by atoms with E-state index in [1.54, 1.807) is 22.5 Å². The Morgan fingerprint density at radius 3 is 2.75 bits per heavy atom. The Bertz CT molecular complexity index is 1290. The lowest BCUT2D eigenvalue weighted by Gasteiger charge is -2.16. The lowest BCUT2D eigenvalue weighted by molar-refractivity contribution is -0.128. The van der Waals surface area contributed by atoms with Gasteiger partial charge >= 0.3 is 5.69 Å². The molecule has 4 aromatic rings. The number of thioether (sulfide) groups is 1. The molecule has 1 amide bonds. The van der Waals surface area contributed by atoms with Gasteiger partial charge in [-0.25, -0.2) is 9.78 Å². The third-order valence-electron chi connectivity index (χ3n) is 5.52. The molecule has 0 bridgehead atoms. The number of aromatic nitrogens is 6. The number of rotatable bonds is 8. The molecule has 3 aromatic heterocycles. The van der Waals surface area contributed by atoms with Gasteiger partial charge in [-0.15, -0.1) is 10.2 Å². The van der Waals surface area contributed by atoms with Gasteiger partial charge in [0.2, 0.25) is 5.91 Å². The maximum atomic E-state index is 12.3. The van der Waals surface area contributed by atoms with Crippen LogP contribution in [0.2, 0.25) is 0 Å². The molecule has 1 fully saturated rings. The Hall–Kier alpha value is -3.40. The fourth-order valence-corrected chi connectivity index (χ4v) is 4.85. The number of carbonyl (C=O) groups is 1. The second kappa shape index (κ2) is 8.99. The molecule has 0 unspecified atom stereocenters. The fraction of sp³-hybridized carbons (Fsp3) is 0.318. The van der Waals surface area contributed by atoms with Gasteiger partial charge in [-0.3, -0.25) is 13.9 Å². The van der Waals surface area contributed by atoms with Gasteiger partial charge in [-0.05, 0) is 37.1 Å². The molecule has 1 aliphatic heterocycles. The number of likely N-dealkylation sites (tertiary alicyclic amines) is 1. The van der Waals surface area contributed by atoms with Crippen molar-refractivity contribution < 1.29 is 4.79 Å². The van der Waals surface area contributed by atoms with E-state index in [0.29, 0.717) is 25.3 Å². The molecule has 9 nitrogen and oxygen atoms in total. The number of fused-ring (bicyclic) bond motifs is 1. The zero-order valence-corrected chi connectivity index (χ0v) is 18.3. The van der Waals surface area contributed by atoms with E-state index in [9.17, 15) is 9.59 Å². The van der Waals surface area contributed by atoms with Gasteiger partial charge in [0.15, 0.2) is 11.0 Å². The normalized spacial score (nSPS) is 14.0. The Labute approximate surface area is 188 Å². The number of nitrogens with one attached hydrogen (secondary N) is 1. The molecule has 4 heterocycles. The van der Waals surface area contributed by atoms with Crippen molar-refractivity contribution in [2.24, 2.45) is 0 Å². The fourth-order valence-electron chi connectivity index (χ4n) is 3.97. The highest BCUT2D eigenvalue weighted by atomic mass is 32.2. The number of amides is 1. The van der Waals surface area contributed by atoms with E-state index in [-0.39, 0.29) is 11.6 Å². The number of aryl methyl sites for hydroxylation is 1. The summed E-state index contributed by atoms with van der Waals surface area (Å²) in [6.07, 6.45) is 4.00. The van der Waals surface area contributed by atoms with Crippen molar-refractivity contribution in [3.63, 3.8) is 0 Å². The monoisotopic (exact) mass is 449 g/mol. The minimum Gasteiger partial charge on any atom is -0.335 e. The molecule has 164 valence electrons. The molecular formula is C22H23N7O2S. The first-order valence-corrected chi connectivity index (χ1v) is 11.6. The molecule has 0 aliphatic carbocycles. The highest BCUT2D eigenvalue weighted by Gasteiger charge is 2.24. The van der Waals surface area contributed by atoms with Crippen LogP contribution in [0.1, 0.15) is 25.1 Å². The predicted octanol–water partition coefficient (Wildman–Crippen LogP) is 2.61. The summed E-state index contributed by atoms with van der Waals surface area (Å²) < 4.78 is 3.69. The van der Waals surface area contributed by atoms with Gasteiger partial charge in [0, 0.05) is 31.5 Å². The van der Waals surface area contributed by atoms with Crippen molar-refractivity contribution >= 4 is 28.7 Å². The standard InChI is InChI=1S/C22H23N7O2S/c30-20-10-5-12-27(20)15-19-25-26-22(29(19)18-9-3-4-11-23-18)32-14-6-13-28-17-8-2-1-7-16(17)24-21(28)31/h1-4,7-9,11H,5-6,10,12-15H2,(H,24,31). The predicted molar refractivity (Wildman–Crippen MR) is 122 cm³/mol. The smallest absolute Gasteiger partial charge is 0.326 e. The van der Waals surface area contributed by atoms with E-state index in [0.717, 1.165) is 47.1 Å². The van der Waals surface area contributed by atoms with Crippen LogP contribution < -0.4 is 5.69 Å². The van der Waals surface area contributed by atoms with Crippen LogP contribution in [0.15, 0.2) is 58.6 Å². The maximum absolute atomic E-state index is 12.3. The highest BCUT2D eigenvalue weighted by Crippen LogP contribution is 2.24. The van der Waals surface area contributed by atoms with Crippen molar-refractivity contribution in [3.8, 4) is 5.82 Å². The molecule has 10 heteroatoms. The molecule has 5 rings (SSSR count). The van der Waals surface area contributed by atoms with Crippen molar-refractivity contribution in [2.45, 2.75) is 37.5 Å². The van der Waals surface area contributed by atoms with Crippen LogP contribution in [-0.4, -0.2) is 52.4 Å². The first-order chi connectivity index (χ1) is 15.7. The van der Waals surface area contributed by atoms with Gasteiger partial charge in [0.1, 0.15) is 5.82 Å². The summed E-state index contributed by atoms with van der Waals surface area (Å²) in [5, 5.41) is 9.49. The highest BCUT2D eigenvalue weighted by molar-refractivity contribution is 7.99. The Balaban J connectivity index is 1.31. The summed E-state index contributed by atoms with van der Waals surface area (Å²) in [6, 6.07) is 13.4. The Kier molecular flexibility index (Phi) is 5.76. The SMILES string of the molecule is O=C1CCCN1Cc1nnc(SCCCn2c(=O)[nH]c3ccccc32)n1-c1ccccn1. The summed E-state index contributed by atoms with van der Waals surface area (Å²) in [5.74, 6) is 2.35. The van der Waals surface area contributed by atoms with Crippen LogP contribution in [0.25, 0.3) is 16.9 Å². The van der Waals surface area contributed by atoms with Gasteiger partial charge < -0.3 is 9.88 Å². The number of hydrogen-bond donors (Lipinski definition) is 1. The minimum atomic E-state index is -0.0922. The van der Waals surface area contributed by atoms with Gasteiger partial charge in [-0.1, -0.05) is 30.0 Å². The molecule has 1 aliphatic rings. The molecule has 1 N–H and O–H groups in total. The topological polar surface area (TPSA) is 102 Å². The molecule has 1 aromatic carbocycles. The molecular weight excluding hydrogens is 426 g/mol. The van der Waals surface area contributed by atoms with Gasteiger partial charge in [0.05, 0.1) is 17.6 Å². The maximum Gasteiger partial charge on any atom is 0.326 e. The second-order valence-electron chi connectivity index (χ2n) is 7.64. The molecule has 32 heavy (non-hydrogen) atoms. The second-order valence-corrected chi connectivity index (χ2v) is 8.70. The van der Waals surface area contributed by atoms with Gasteiger partial charge in [0.25, 0.3) is 0 Å². The first-order valence-electron chi connectivity index (χ1n) is 10.6. The van der Waals surface area contributed by atoms with Crippen molar-refractivity contribution in [1.82, 2.24) is 34.2 Å². The van der Waals surface area contributed by atoms with Crippen molar-refractivity contribution in [1.29, 1.82) is 0 Å². The molecule has 0 spiro atoms. The molecule has 0 radical (unpaired) electrons. The summed E-state index contributed by atoms with van der Waals surface area (Å²) in [7, 11) is 0. The lowest BCUT2D eigenvalue weighted by atomic mass is 10.3. The average molecular weight is 450 g/mol. The number of H-pyrrole nitrogens is 1. The van der Waals surface area contributed by atoms with Crippen molar-refractivity contribution in [3.05, 3.63) is 65.0 Å². The number of carbonyl (C=O) groups excluding carboxylic acids is 1. The minimum absolute atomic E-state index is 0.0922. The summed E-state index contributed by atoms with van der Waals surface area (Å²) >= 11 is 1.57. The first kappa shape index (κ1) is 20.5. The number of para-hydroxylation sites is 2. The zero-order chi connectivity index (χ0) is 21.9. The molecule has 0 saturated carbocycles. The van der Waals surface area contributed by atoms with Gasteiger partial charge in [-0.2, -0.15) is 0 Å². The number of pyridine rings is 1. The average Bonchev–Trinajstić information content (AvgIpc) is 3.49. The third kappa shape index (κ3) is 4.05. The van der Waals surface area contributed by atoms with E-state index in [2.05, 4.69) is 20.2 Å². The third-order valence-corrected chi connectivity index (χ3v) is 6.54. The van der Waals surface area contributed by atoms with Crippen molar-refractivity contribution in [2.75, 3.05) is 12.3 Å². The summed E-state index contributed by atoms with van der Waals surface area (Å²) in [4.78, 5) is 33.5. The van der Waals surface area contributed by atoms with Crippen LogP contribution in [0.4, 0.5) is 0 Å². The van der Waals surface area contributed by atoms with Crippen LogP contribution in [-0.2, 0) is 17.9 Å². The number of hydrogen-bond acceptors (Lipinski definition) is 6. The van der Waals surface area contributed by atoms with E-state index < -0.39 is 0 Å². The lowest BCUT2D eigenvalue weighted by Crippen LogP contribution is -2.25. The summed E-state index contributed by atoms with van der Waals surface area (Å²) in [6.45, 7) is 1.78. The Morgan fingerprint density at radius 1 is 1.06 bits per heavy atom. The molecule has 1 saturated heterocycles. The van der Waals surface area contributed by atoms with Crippen LogP contribution >= 0.6 is 11.8 Å². The van der Waals surface area contributed by atoms with E-state index in [4.69, 9.17) is 0 Å². The molecule has 0 atom stereocenters. The summed E-state index contributed by atoms with van der Waals surface area (Å²) in [5.41, 5.74) is 1.67. The number of aromatic amines is 1. The van der Waals surface area contributed by atoms with E-state index in [1.807, 2.05) is 51.9 Å².